The van der Waals surface area contributed by atoms with Crippen LogP contribution in [0, 0.1) is 0 Å². The third-order valence-corrected chi connectivity index (χ3v) is 2.60. The second kappa shape index (κ2) is 5.90. The molecule has 0 bridgehead atoms. The Kier molecular flexibility index (Phi) is 5.04. The fourth-order valence-corrected chi connectivity index (χ4v) is 1.78. The van der Waals surface area contributed by atoms with E-state index >= 15 is 0 Å². The van der Waals surface area contributed by atoms with Crippen molar-refractivity contribution in [3.05, 3.63) is 0 Å². The Morgan fingerprint density at radius 3 is 2.64 bits per heavy atom. The van der Waals surface area contributed by atoms with Crippen LogP contribution in [0.1, 0.15) is 26.2 Å². The highest BCUT2D eigenvalue weighted by atomic mass is 31.2. The summed E-state index contributed by atoms with van der Waals surface area (Å²) < 4.78 is 15.6. The molecule has 1 heterocycles. The van der Waals surface area contributed by atoms with E-state index < -0.39 is 8.60 Å². The maximum atomic E-state index is 5.33. The van der Waals surface area contributed by atoms with Gasteiger partial charge >= 0.3 is 8.60 Å². The van der Waals surface area contributed by atoms with Crippen molar-refractivity contribution in [2.24, 2.45) is 0 Å². The largest absolute Gasteiger partial charge is 0.332 e. The highest BCUT2D eigenvalue weighted by Crippen LogP contribution is 2.43. The zero-order chi connectivity index (χ0) is 7.94. The summed E-state index contributed by atoms with van der Waals surface area (Å²) in [6, 6.07) is 0. The number of rotatable bonds is 5. The molecule has 4 heteroatoms. The van der Waals surface area contributed by atoms with Crippen LogP contribution in [-0.4, -0.2) is 19.8 Å². The highest BCUT2D eigenvalue weighted by Gasteiger charge is 2.17. The normalized spacial score (nSPS) is 19.4. The van der Waals surface area contributed by atoms with E-state index in [1.807, 2.05) is 0 Å². The molecule has 0 amide bonds. The summed E-state index contributed by atoms with van der Waals surface area (Å²) in [6.07, 6.45) is 3.56. The van der Waals surface area contributed by atoms with E-state index in [9.17, 15) is 0 Å². The maximum Gasteiger partial charge on any atom is 0.332 e. The Bertz CT molecular complexity index is 93.7. The molecule has 1 aliphatic rings. The third kappa shape index (κ3) is 4.02. The zero-order valence-electron chi connectivity index (χ0n) is 6.91. The van der Waals surface area contributed by atoms with Crippen LogP contribution in [0.5, 0.6) is 0 Å². The van der Waals surface area contributed by atoms with Gasteiger partial charge in [-0.15, -0.1) is 0 Å². The molecule has 11 heavy (non-hydrogen) atoms. The molecular formula is C7H15O3P. The minimum absolute atomic E-state index is 0.694. The lowest BCUT2D eigenvalue weighted by Gasteiger charge is -2.06. The predicted octanol–water partition coefficient (Wildman–Crippen LogP) is 2.47. The lowest BCUT2D eigenvalue weighted by atomic mass is 10.3. The first-order chi connectivity index (χ1) is 5.43. The molecule has 0 atom stereocenters. The average molecular weight is 178 g/mol. The highest BCUT2D eigenvalue weighted by molar-refractivity contribution is 7.41. The van der Waals surface area contributed by atoms with Gasteiger partial charge in [-0.3, -0.25) is 0 Å². The average Bonchev–Trinajstić information content (AvgIpc) is 2.50. The lowest BCUT2D eigenvalue weighted by Crippen LogP contribution is -1.89. The van der Waals surface area contributed by atoms with Crippen molar-refractivity contribution >= 4 is 8.60 Å². The molecule has 1 saturated heterocycles. The predicted molar refractivity (Wildman–Crippen MR) is 44.3 cm³/mol. The van der Waals surface area contributed by atoms with Gasteiger partial charge in [0.1, 0.15) is 0 Å². The minimum Gasteiger partial charge on any atom is -0.312 e. The number of hydrogen-bond acceptors (Lipinski definition) is 3. The summed E-state index contributed by atoms with van der Waals surface area (Å²) in [5.74, 6) is 0. The van der Waals surface area contributed by atoms with Gasteiger partial charge < -0.3 is 13.6 Å². The van der Waals surface area contributed by atoms with Crippen LogP contribution >= 0.6 is 8.60 Å². The first kappa shape index (κ1) is 9.40. The van der Waals surface area contributed by atoms with Crippen LogP contribution in [0.15, 0.2) is 0 Å². The van der Waals surface area contributed by atoms with Crippen molar-refractivity contribution in [2.75, 3.05) is 19.8 Å². The van der Waals surface area contributed by atoms with E-state index in [0.29, 0.717) is 13.2 Å². The Hall–Kier alpha value is 0.310. The fourth-order valence-electron chi connectivity index (χ4n) is 0.827. The van der Waals surface area contributed by atoms with Gasteiger partial charge in [0, 0.05) is 0 Å². The summed E-state index contributed by atoms with van der Waals surface area (Å²) in [4.78, 5) is 0. The maximum absolute atomic E-state index is 5.33. The van der Waals surface area contributed by atoms with E-state index in [1.54, 1.807) is 0 Å². The molecule has 0 aromatic rings. The Morgan fingerprint density at radius 2 is 2.00 bits per heavy atom. The van der Waals surface area contributed by atoms with E-state index in [2.05, 4.69) is 6.92 Å². The van der Waals surface area contributed by atoms with Gasteiger partial charge in [0.2, 0.25) is 0 Å². The minimum atomic E-state index is -0.962. The topological polar surface area (TPSA) is 27.7 Å². The fraction of sp³-hybridized carbons (Fsp3) is 1.00. The number of unbranched alkanes of at least 4 members (excludes halogenated alkanes) is 2. The van der Waals surface area contributed by atoms with E-state index in [1.165, 1.54) is 12.8 Å². The lowest BCUT2D eigenvalue weighted by molar-refractivity contribution is 0.242. The third-order valence-electron chi connectivity index (χ3n) is 1.42. The van der Waals surface area contributed by atoms with E-state index in [4.69, 9.17) is 13.6 Å². The molecule has 0 aromatic heterocycles. The molecule has 0 unspecified atom stereocenters. The first-order valence-electron chi connectivity index (χ1n) is 4.12. The van der Waals surface area contributed by atoms with Crippen molar-refractivity contribution in [1.82, 2.24) is 0 Å². The molecule has 0 spiro atoms. The van der Waals surface area contributed by atoms with Crippen molar-refractivity contribution < 1.29 is 13.6 Å². The second-order valence-corrected chi connectivity index (χ2v) is 3.65. The van der Waals surface area contributed by atoms with Crippen molar-refractivity contribution in [3.63, 3.8) is 0 Å². The standard InChI is InChI=1S/C7H15O3P/c1-2-3-4-5-8-11-9-6-7-10-11/h2-7H2,1H3. The molecule has 0 saturated carbocycles. The quantitative estimate of drug-likeness (QED) is 0.478. The monoisotopic (exact) mass is 178 g/mol. The summed E-state index contributed by atoms with van der Waals surface area (Å²) in [5, 5.41) is 0. The van der Waals surface area contributed by atoms with Crippen LogP contribution in [0.2, 0.25) is 0 Å². The molecular weight excluding hydrogens is 163 g/mol. The molecule has 1 rings (SSSR count). The van der Waals surface area contributed by atoms with Gasteiger partial charge in [0.15, 0.2) is 0 Å². The van der Waals surface area contributed by atoms with Crippen LogP contribution in [0.25, 0.3) is 0 Å². The summed E-state index contributed by atoms with van der Waals surface area (Å²) in [7, 11) is -0.962. The summed E-state index contributed by atoms with van der Waals surface area (Å²) in [5.41, 5.74) is 0. The number of hydrogen-bond donors (Lipinski definition) is 0. The van der Waals surface area contributed by atoms with E-state index in [0.717, 1.165) is 13.0 Å². The summed E-state index contributed by atoms with van der Waals surface area (Å²) >= 11 is 0. The van der Waals surface area contributed by atoms with Gasteiger partial charge in [-0.05, 0) is 6.42 Å². The molecule has 0 radical (unpaired) electrons. The van der Waals surface area contributed by atoms with Gasteiger partial charge in [-0.2, -0.15) is 0 Å². The molecule has 66 valence electrons. The SMILES string of the molecule is CCCCCOP1OCCO1. The van der Waals surface area contributed by atoms with Gasteiger partial charge in [0.05, 0.1) is 19.8 Å². The van der Waals surface area contributed by atoms with Crippen LogP contribution in [0.3, 0.4) is 0 Å². The second-order valence-electron chi connectivity index (χ2n) is 2.43. The molecule has 3 nitrogen and oxygen atoms in total. The van der Waals surface area contributed by atoms with Crippen molar-refractivity contribution in [1.29, 1.82) is 0 Å². The summed E-state index contributed by atoms with van der Waals surface area (Å²) in [6.45, 7) is 4.34. The van der Waals surface area contributed by atoms with Gasteiger partial charge in [-0.1, -0.05) is 19.8 Å². The molecule has 1 fully saturated rings. The smallest absolute Gasteiger partial charge is 0.312 e. The molecule has 0 aromatic carbocycles. The van der Waals surface area contributed by atoms with Crippen molar-refractivity contribution in [2.45, 2.75) is 26.2 Å². The Balaban J connectivity index is 1.86. The zero-order valence-corrected chi connectivity index (χ0v) is 7.81. The van der Waals surface area contributed by atoms with Gasteiger partial charge in [-0.25, -0.2) is 0 Å². The van der Waals surface area contributed by atoms with E-state index in [-0.39, 0.29) is 0 Å². The molecule has 1 aliphatic heterocycles. The van der Waals surface area contributed by atoms with Crippen LogP contribution < -0.4 is 0 Å². The van der Waals surface area contributed by atoms with Gasteiger partial charge in [0.25, 0.3) is 0 Å². The Morgan fingerprint density at radius 1 is 1.27 bits per heavy atom. The van der Waals surface area contributed by atoms with Crippen LogP contribution in [0.4, 0.5) is 0 Å². The molecule has 0 aliphatic carbocycles. The van der Waals surface area contributed by atoms with Crippen LogP contribution in [-0.2, 0) is 13.6 Å². The molecule has 0 N–H and O–H groups in total. The van der Waals surface area contributed by atoms with Crippen molar-refractivity contribution in [3.8, 4) is 0 Å². The first-order valence-corrected chi connectivity index (χ1v) is 5.22. The Labute approximate surface area is 69.0 Å².